The first-order valence-electron chi connectivity index (χ1n) is 7.64. The van der Waals surface area contributed by atoms with E-state index in [1.807, 2.05) is 0 Å². The van der Waals surface area contributed by atoms with Crippen molar-refractivity contribution in [3.8, 4) is 5.75 Å². The maximum atomic E-state index is 14.4. The highest BCUT2D eigenvalue weighted by molar-refractivity contribution is 7.92. The Labute approximate surface area is 165 Å². The zero-order valence-corrected chi connectivity index (χ0v) is 16.5. The zero-order chi connectivity index (χ0) is 20.2. The van der Waals surface area contributed by atoms with Gasteiger partial charge in [0.25, 0.3) is 0 Å². The Bertz CT molecular complexity index is 943. The van der Waals surface area contributed by atoms with Crippen molar-refractivity contribution in [2.75, 3.05) is 11.0 Å². The molecule has 0 fully saturated rings. The second-order valence-corrected chi connectivity index (χ2v) is 8.29. The van der Waals surface area contributed by atoms with E-state index in [9.17, 15) is 17.6 Å². The van der Waals surface area contributed by atoms with Crippen molar-refractivity contribution in [3.05, 3.63) is 57.3 Å². The molecule has 6 nitrogen and oxygen atoms in total. The van der Waals surface area contributed by atoms with Crippen LogP contribution in [0.4, 0.5) is 10.1 Å². The van der Waals surface area contributed by atoms with Crippen LogP contribution in [-0.4, -0.2) is 25.7 Å². The number of rotatable bonds is 8. The van der Waals surface area contributed by atoms with Crippen LogP contribution in [0.15, 0.2) is 30.3 Å². The number of aryl methyl sites for hydroxylation is 1. The molecule has 146 valence electrons. The average Bonchev–Trinajstić information content (AvgIpc) is 2.54. The largest absolute Gasteiger partial charge is 0.486 e. The van der Waals surface area contributed by atoms with Crippen LogP contribution in [0.5, 0.6) is 5.75 Å². The molecule has 0 aliphatic carbocycles. The van der Waals surface area contributed by atoms with E-state index in [2.05, 4.69) is 4.72 Å². The molecule has 0 radical (unpaired) electrons. The minimum Gasteiger partial charge on any atom is -0.486 e. The first-order valence-corrected chi connectivity index (χ1v) is 10.3. The van der Waals surface area contributed by atoms with Crippen molar-refractivity contribution in [1.29, 1.82) is 0 Å². The highest BCUT2D eigenvalue weighted by atomic mass is 35.5. The number of carboxylic acids is 1. The number of benzene rings is 2. The lowest BCUT2D eigenvalue weighted by Crippen LogP contribution is -2.12. The zero-order valence-electron chi connectivity index (χ0n) is 14.1. The molecule has 2 N–H and O–H groups in total. The van der Waals surface area contributed by atoms with Gasteiger partial charge in [0.15, 0.2) is 11.6 Å². The molecule has 0 atom stereocenters. The smallest absolute Gasteiger partial charge is 0.303 e. The van der Waals surface area contributed by atoms with E-state index in [0.29, 0.717) is 5.56 Å². The minimum absolute atomic E-state index is 0.0712. The monoisotopic (exact) mass is 435 g/mol. The second-order valence-electron chi connectivity index (χ2n) is 5.72. The fourth-order valence-electron chi connectivity index (χ4n) is 2.27. The number of ether oxygens (including phenoxy) is 1. The SMILES string of the molecule is CS(=O)(=O)Nc1cccc(COc2c(Cl)cc(CCC(=O)O)cc2Cl)c1F. The van der Waals surface area contributed by atoms with E-state index in [1.54, 1.807) is 0 Å². The molecule has 0 unspecified atom stereocenters. The van der Waals surface area contributed by atoms with Gasteiger partial charge < -0.3 is 9.84 Å². The van der Waals surface area contributed by atoms with E-state index in [4.69, 9.17) is 33.0 Å². The molecule has 0 amide bonds. The van der Waals surface area contributed by atoms with Crippen molar-refractivity contribution in [1.82, 2.24) is 0 Å². The predicted molar refractivity (Wildman–Crippen MR) is 102 cm³/mol. The van der Waals surface area contributed by atoms with Crippen molar-refractivity contribution in [2.45, 2.75) is 19.4 Å². The van der Waals surface area contributed by atoms with Crippen LogP contribution in [0.3, 0.4) is 0 Å². The summed E-state index contributed by atoms with van der Waals surface area (Å²) in [5.74, 6) is -1.59. The average molecular weight is 436 g/mol. The van der Waals surface area contributed by atoms with Gasteiger partial charge in [0.1, 0.15) is 6.61 Å². The Morgan fingerprint density at radius 2 is 1.89 bits per heavy atom. The van der Waals surface area contributed by atoms with Crippen LogP contribution in [-0.2, 0) is 27.8 Å². The molecule has 2 aromatic rings. The summed E-state index contributed by atoms with van der Waals surface area (Å²) in [5.41, 5.74) is 0.538. The number of nitrogens with one attached hydrogen (secondary N) is 1. The van der Waals surface area contributed by atoms with Crippen molar-refractivity contribution in [3.63, 3.8) is 0 Å². The number of carbonyl (C=O) groups is 1. The second kappa shape index (κ2) is 8.77. The summed E-state index contributed by atoms with van der Waals surface area (Å²) in [6.07, 6.45) is 1.10. The summed E-state index contributed by atoms with van der Waals surface area (Å²) < 4.78 is 44.6. The maximum absolute atomic E-state index is 14.4. The lowest BCUT2D eigenvalue weighted by molar-refractivity contribution is -0.136. The highest BCUT2D eigenvalue weighted by Gasteiger charge is 2.15. The molecule has 0 aliphatic rings. The minimum atomic E-state index is -3.63. The van der Waals surface area contributed by atoms with E-state index < -0.39 is 21.8 Å². The predicted octanol–water partition coefficient (Wildman–Crippen LogP) is 4.10. The molecule has 0 heterocycles. The summed E-state index contributed by atoms with van der Waals surface area (Å²) in [5, 5.41) is 9.05. The van der Waals surface area contributed by atoms with Gasteiger partial charge in [0.2, 0.25) is 10.0 Å². The number of carboxylic acid groups (broad SMARTS) is 1. The van der Waals surface area contributed by atoms with Gasteiger partial charge in [-0.15, -0.1) is 0 Å². The third-order valence-electron chi connectivity index (χ3n) is 3.43. The molecule has 27 heavy (non-hydrogen) atoms. The maximum Gasteiger partial charge on any atom is 0.303 e. The Morgan fingerprint density at radius 1 is 1.26 bits per heavy atom. The molecule has 0 spiro atoms. The quantitative estimate of drug-likeness (QED) is 0.650. The van der Waals surface area contributed by atoms with Crippen molar-refractivity contribution >= 4 is 44.9 Å². The molecule has 0 aliphatic heterocycles. The van der Waals surface area contributed by atoms with E-state index >= 15 is 0 Å². The molecule has 10 heteroatoms. The summed E-state index contributed by atoms with van der Waals surface area (Å²) >= 11 is 12.3. The Kier molecular flexibility index (Phi) is 6.91. The molecule has 0 saturated carbocycles. The van der Waals surface area contributed by atoms with Gasteiger partial charge in [-0.2, -0.15) is 0 Å². The Balaban J connectivity index is 2.17. The van der Waals surface area contributed by atoms with Crippen molar-refractivity contribution in [2.24, 2.45) is 0 Å². The number of anilines is 1. The summed E-state index contributed by atoms with van der Waals surface area (Å²) in [7, 11) is -3.63. The van der Waals surface area contributed by atoms with Crippen molar-refractivity contribution < 1.29 is 27.4 Å². The summed E-state index contributed by atoms with van der Waals surface area (Å²) in [4.78, 5) is 10.6. The first kappa shape index (κ1) is 21.3. The molecule has 2 rings (SSSR count). The van der Waals surface area contributed by atoms with Gasteiger partial charge in [0, 0.05) is 12.0 Å². The lowest BCUT2D eigenvalue weighted by atomic mass is 10.1. The Morgan fingerprint density at radius 3 is 2.44 bits per heavy atom. The highest BCUT2D eigenvalue weighted by Crippen LogP contribution is 2.35. The van der Waals surface area contributed by atoms with Gasteiger partial charge in [-0.3, -0.25) is 9.52 Å². The molecule has 0 saturated heterocycles. The van der Waals surface area contributed by atoms with Crippen LogP contribution in [0, 0.1) is 5.82 Å². The van der Waals surface area contributed by atoms with E-state index in [0.717, 1.165) is 6.26 Å². The standard InChI is InChI=1S/C17H16Cl2FNO5S/c1-27(24,25)21-14-4-2-3-11(16(14)20)9-26-17-12(18)7-10(8-13(17)19)5-6-15(22)23/h2-4,7-8,21H,5-6,9H2,1H3,(H,22,23). The molecule has 0 bridgehead atoms. The summed E-state index contributed by atoms with van der Waals surface area (Å²) in [6, 6.07) is 7.27. The third kappa shape index (κ3) is 6.27. The van der Waals surface area contributed by atoms with Gasteiger partial charge in [0.05, 0.1) is 22.0 Å². The fourth-order valence-corrected chi connectivity index (χ4v) is 3.46. The molecule has 0 aromatic heterocycles. The van der Waals surface area contributed by atoms with E-state index in [-0.39, 0.29) is 46.5 Å². The Hall–Kier alpha value is -2.03. The normalized spacial score (nSPS) is 11.3. The van der Waals surface area contributed by atoms with Gasteiger partial charge in [-0.05, 0) is 30.2 Å². The van der Waals surface area contributed by atoms with Crippen LogP contribution < -0.4 is 9.46 Å². The van der Waals surface area contributed by atoms with Crippen LogP contribution in [0.2, 0.25) is 10.0 Å². The third-order valence-corrected chi connectivity index (χ3v) is 4.58. The first-order chi connectivity index (χ1) is 12.6. The number of halogens is 3. The van der Waals surface area contributed by atoms with Gasteiger partial charge in [-0.1, -0.05) is 35.3 Å². The van der Waals surface area contributed by atoms with Crippen LogP contribution in [0.25, 0.3) is 0 Å². The number of hydrogen-bond acceptors (Lipinski definition) is 4. The molecular formula is C17H16Cl2FNO5S. The number of hydrogen-bond donors (Lipinski definition) is 2. The van der Waals surface area contributed by atoms with E-state index in [1.165, 1.54) is 30.3 Å². The number of aliphatic carboxylic acids is 1. The van der Waals surface area contributed by atoms with Crippen LogP contribution >= 0.6 is 23.2 Å². The van der Waals surface area contributed by atoms with Gasteiger partial charge >= 0.3 is 5.97 Å². The topological polar surface area (TPSA) is 92.7 Å². The molecule has 2 aromatic carbocycles. The van der Waals surface area contributed by atoms with Gasteiger partial charge in [-0.25, -0.2) is 12.8 Å². The fraction of sp³-hybridized carbons (Fsp3) is 0.235. The lowest BCUT2D eigenvalue weighted by Gasteiger charge is -2.13. The molecular weight excluding hydrogens is 420 g/mol. The van der Waals surface area contributed by atoms with Crippen LogP contribution in [0.1, 0.15) is 17.5 Å². The summed E-state index contributed by atoms with van der Waals surface area (Å²) in [6.45, 7) is -0.237. The number of sulfonamides is 1.